The number of aryl methyl sites for hydroxylation is 1. The van der Waals surface area contributed by atoms with Gasteiger partial charge < -0.3 is 10.1 Å². The number of halogens is 1. The molecule has 0 aliphatic heterocycles. The lowest BCUT2D eigenvalue weighted by atomic mass is 10.2. The van der Waals surface area contributed by atoms with Crippen LogP contribution in [0.2, 0.25) is 0 Å². The zero-order valence-corrected chi connectivity index (χ0v) is 13.5. The van der Waals surface area contributed by atoms with E-state index in [1.54, 1.807) is 19.2 Å². The predicted octanol–water partition coefficient (Wildman–Crippen LogP) is 1.19. The number of benzene rings is 1. The van der Waals surface area contributed by atoms with Gasteiger partial charge in [-0.2, -0.15) is 0 Å². The molecule has 0 unspecified atom stereocenters. The third-order valence-corrected chi connectivity index (χ3v) is 4.20. The quantitative estimate of drug-likeness (QED) is 0.670. The van der Waals surface area contributed by atoms with E-state index in [1.165, 1.54) is 0 Å². The maximum atomic E-state index is 12.0. The van der Waals surface area contributed by atoms with Crippen molar-refractivity contribution in [2.75, 3.05) is 33.4 Å². The van der Waals surface area contributed by atoms with Crippen molar-refractivity contribution >= 4 is 22.4 Å². The van der Waals surface area contributed by atoms with Gasteiger partial charge in [0.15, 0.2) is 0 Å². The van der Waals surface area contributed by atoms with Crippen LogP contribution < -0.4 is 10.0 Å². The number of ether oxygens (including phenoxy) is 1. The van der Waals surface area contributed by atoms with E-state index >= 15 is 0 Å². The Hall–Kier alpha value is -0.660. The summed E-state index contributed by atoms with van der Waals surface area (Å²) < 4.78 is 31.4. The minimum absolute atomic E-state index is 0. The van der Waals surface area contributed by atoms with E-state index in [9.17, 15) is 8.42 Å². The monoisotopic (exact) mass is 322 g/mol. The van der Waals surface area contributed by atoms with Crippen molar-refractivity contribution in [2.45, 2.75) is 18.2 Å². The lowest BCUT2D eigenvalue weighted by Gasteiger charge is -2.08. The number of rotatable bonds is 9. The highest BCUT2D eigenvalue weighted by Gasteiger charge is 2.12. The van der Waals surface area contributed by atoms with Crippen molar-refractivity contribution in [1.82, 2.24) is 10.0 Å². The van der Waals surface area contributed by atoms with Crippen molar-refractivity contribution < 1.29 is 13.2 Å². The minimum Gasteiger partial charge on any atom is -0.383 e. The van der Waals surface area contributed by atoms with E-state index in [4.69, 9.17) is 4.74 Å². The van der Waals surface area contributed by atoms with Crippen molar-refractivity contribution in [2.24, 2.45) is 0 Å². The predicted molar refractivity (Wildman–Crippen MR) is 83.0 cm³/mol. The van der Waals surface area contributed by atoms with Gasteiger partial charge in [0, 0.05) is 26.7 Å². The molecule has 1 rings (SSSR count). The van der Waals surface area contributed by atoms with Gasteiger partial charge in [-0.1, -0.05) is 19.1 Å². The summed E-state index contributed by atoms with van der Waals surface area (Å²) in [5.74, 6) is 0. The smallest absolute Gasteiger partial charge is 0.240 e. The van der Waals surface area contributed by atoms with E-state index in [0.717, 1.165) is 12.0 Å². The Balaban J connectivity index is 0.00000361. The molecule has 0 spiro atoms. The van der Waals surface area contributed by atoms with Gasteiger partial charge in [-0.25, -0.2) is 13.1 Å². The molecule has 116 valence electrons. The standard InChI is InChI=1S/C13H22N2O3S.ClH/c1-3-12-4-6-13(7-5-12)19(16,17)15-9-8-14-10-11-18-2;/h4-7,14-15H,3,8-11H2,1-2H3;1H. The Kier molecular flexibility index (Phi) is 9.79. The average Bonchev–Trinajstić information content (AvgIpc) is 2.43. The molecule has 0 fully saturated rings. The van der Waals surface area contributed by atoms with E-state index in [2.05, 4.69) is 10.0 Å². The van der Waals surface area contributed by atoms with Crippen LogP contribution in [0.25, 0.3) is 0 Å². The third-order valence-electron chi connectivity index (χ3n) is 2.72. The molecule has 1 aromatic rings. The molecule has 0 aromatic heterocycles. The van der Waals surface area contributed by atoms with Crippen LogP contribution in [-0.2, 0) is 21.2 Å². The molecular formula is C13H23ClN2O3S. The molecule has 7 heteroatoms. The highest BCUT2D eigenvalue weighted by atomic mass is 35.5. The number of methoxy groups -OCH3 is 1. The summed E-state index contributed by atoms with van der Waals surface area (Å²) in [5.41, 5.74) is 1.13. The van der Waals surface area contributed by atoms with Crippen LogP contribution >= 0.6 is 12.4 Å². The Labute approximate surface area is 127 Å². The fourth-order valence-corrected chi connectivity index (χ4v) is 2.59. The van der Waals surface area contributed by atoms with Gasteiger partial charge in [-0.3, -0.25) is 0 Å². The second-order valence-electron chi connectivity index (χ2n) is 4.14. The molecule has 0 saturated heterocycles. The molecule has 0 heterocycles. The molecule has 0 aliphatic rings. The number of hydrogen-bond acceptors (Lipinski definition) is 4. The lowest BCUT2D eigenvalue weighted by molar-refractivity contribution is 0.199. The van der Waals surface area contributed by atoms with E-state index in [0.29, 0.717) is 31.1 Å². The van der Waals surface area contributed by atoms with E-state index in [1.807, 2.05) is 19.1 Å². The van der Waals surface area contributed by atoms with Crippen molar-refractivity contribution in [3.8, 4) is 0 Å². The first-order valence-corrected chi connectivity index (χ1v) is 7.86. The molecule has 0 atom stereocenters. The first kappa shape index (κ1) is 19.3. The van der Waals surface area contributed by atoms with Crippen LogP contribution in [0.3, 0.4) is 0 Å². The molecule has 0 bridgehead atoms. The topological polar surface area (TPSA) is 67.4 Å². The van der Waals surface area contributed by atoms with Crippen LogP contribution in [-0.4, -0.2) is 41.8 Å². The average molecular weight is 323 g/mol. The Morgan fingerprint density at radius 1 is 1.10 bits per heavy atom. The largest absolute Gasteiger partial charge is 0.383 e. The fraction of sp³-hybridized carbons (Fsp3) is 0.538. The molecule has 1 aromatic carbocycles. The second-order valence-corrected chi connectivity index (χ2v) is 5.91. The van der Waals surface area contributed by atoms with Gasteiger partial charge in [-0.15, -0.1) is 12.4 Å². The first-order valence-electron chi connectivity index (χ1n) is 6.38. The highest BCUT2D eigenvalue weighted by molar-refractivity contribution is 7.89. The minimum atomic E-state index is -3.40. The lowest BCUT2D eigenvalue weighted by Crippen LogP contribution is -2.33. The number of hydrogen-bond donors (Lipinski definition) is 2. The summed E-state index contributed by atoms with van der Waals surface area (Å²) in [7, 11) is -1.77. The van der Waals surface area contributed by atoms with Crippen LogP contribution in [0, 0.1) is 0 Å². The number of nitrogens with one attached hydrogen (secondary N) is 2. The summed E-state index contributed by atoms with van der Waals surface area (Å²) in [5, 5.41) is 3.08. The zero-order valence-electron chi connectivity index (χ0n) is 11.9. The van der Waals surface area contributed by atoms with Gasteiger partial charge in [0.05, 0.1) is 11.5 Å². The van der Waals surface area contributed by atoms with Crippen LogP contribution in [0.4, 0.5) is 0 Å². The third kappa shape index (κ3) is 6.67. The Morgan fingerprint density at radius 3 is 2.30 bits per heavy atom. The molecule has 5 nitrogen and oxygen atoms in total. The summed E-state index contributed by atoms with van der Waals surface area (Å²) >= 11 is 0. The highest BCUT2D eigenvalue weighted by Crippen LogP contribution is 2.10. The Bertz CT molecular complexity index is 463. The maximum absolute atomic E-state index is 12.0. The van der Waals surface area contributed by atoms with Crippen molar-refractivity contribution in [3.63, 3.8) is 0 Å². The van der Waals surface area contributed by atoms with Crippen molar-refractivity contribution in [1.29, 1.82) is 0 Å². The molecule has 20 heavy (non-hydrogen) atoms. The second kappa shape index (κ2) is 10.1. The SMILES string of the molecule is CCc1ccc(S(=O)(=O)NCCNCCOC)cc1.Cl. The summed E-state index contributed by atoms with van der Waals surface area (Å²) in [6.07, 6.45) is 0.900. The molecule has 0 aliphatic carbocycles. The molecule has 0 radical (unpaired) electrons. The van der Waals surface area contributed by atoms with Gasteiger partial charge in [-0.05, 0) is 24.1 Å². The van der Waals surface area contributed by atoms with E-state index < -0.39 is 10.0 Å². The van der Waals surface area contributed by atoms with Gasteiger partial charge in [0.2, 0.25) is 10.0 Å². The Morgan fingerprint density at radius 2 is 1.75 bits per heavy atom. The zero-order chi connectivity index (χ0) is 14.1. The maximum Gasteiger partial charge on any atom is 0.240 e. The van der Waals surface area contributed by atoms with Crippen LogP contribution in [0.5, 0.6) is 0 Å². The van der Waals surface area contributed by atoms with Gasteiger partial charge in [0.1, 0.15) is 0 Å². The van der Waals surface area contributed by atoms with Crippen molar-refractivity contribution in [3.05, 3.63) is 29.8 Å². The van der Waals surface area contributed by atoms with Gasteiger partial charge >= 0.3 is 0 Å². The summed E-state index contributed by atoms with van der Waals surface area (Å²) in [6, 6.07) is 6.95. The van der Waals surface area contributed by atoms with Gasteiger partial charge in [0.25, 0.3) is 0 Å². The van der Waals surface area contributed by atoms with Crippen LogP contribution in [0.1, 0.15) is 12.5 Å². The molecular weight excluding hydrogens is 300 g/mol. The van der Waals surface area contributed by atoms with Crippen LogP contribution in [0.15, 0.2) is 29.2 Å². The summed E-state index contributed by atoms with van der Waals surface area (Å²) in [6.45, 7) is 4.30. The molecule has 0 amide bonds. The fourth-order valence-electron chi connectivity index (χ4n) is 1.56. The molecule has 0 saturated carbocycles. The summed E-state index contributed by atoms with van der Waals surface area (Å²) in [4.78, 5) is 0.307. The number of sulfonamides is 1. The van der Waals surface area contributed by atoms with E-state index in [-0.39, 0.29) is 12.4 Å². The molecule has 2 N–H and O–H groups in total. The normalized spacial score (nSPS) is 11.1. The first-order chi connectivity index (χ1) is 9.10.